The Bertz CT molecular complexity index is 1090. The number of nitrogens with one attached hydrogen (secondary N) is 1. The van der Waals surface area contributed by atoms with Crippen LogP contribution < -0.4 is 10.9 Å². The molecular weight excluding hydrogens is 373 g/mol. The Hall–Kier alpha value is -3.30. The number of benzene rings is 2. The Balaban J connectivity index is 2.02. The first-order valence-corrected chi connectivity index (χ1v) is 7.48. The van der Waals surface area contributed by atoms with Gasteiger partial charge in [0.1, 0.15) is 18.2 Å². The monoisotopic (exact) mass is 383 g/mol. The van der Waals surface area contributed by atoms with E-state index in [1.165, 1.54) is 24.3 Å². The van der Waals surface area contributed by atoms with E-state index in [0.29, 0.717) is 10.6 Å². The van der Waals surface area contributed by atoms with Gasteiger partial charge < -0.3 is 5.32 Å². The smallest absolute Gasteiger partial charge is 0.322 e. The molecule has 2 aromatic carbocycles. The van der Waals surface area contributed by atoms with Crippen LogP contribution in [-0.4, -0.2) is 15.5 Å². The predicted molar refractivity (Wildman–Crippen MR) is 86.0 cm³/mol. The summed E-state index contributed by atoms with van der Waals surface area (Å²) >= 11 is 0. The molecule has 0 aliphatic carbocycles. The second kappa shape index (κ2) is 6.78. The van der Waals surface area contributed by atoms with Crippen molar-refractivity contribution in [3.05, 3.63) is 70.1 Å². The van der Waals surface area contributed by atoms with Crippen molar-refractivity contribution < 1.29 is 26.7 Å². The summed E-state index contributed by atoms with van der Waals surface area (Å²) in [6, 6.07) is 7.87. The molecule has 0 fully saturated rings. The quantitative estimate of drug-likeness (QED) is 0.706. The molecule has 1 amide bonds. The van der Waals surface area contributed by atoms with Crippen molar-refractivity contribution in [2.75, 3.05) is 5.32 Å². The lowest BCUT2D eigenvalue weighted by molar-refractivity contribution is -0.142. The molecule has 3 rings (SSSR count). The lowest BCUT2D eigenvalue weighted by Gasteiger charge is -2.14. The SMILES string of the molecule is O=C(Cn1c(=O)c(C(F)(F)F)nc2ccccc21)Nc1ccc(F)cc1F. The number of anilines is 1. The van der Waals surface area contributed by atoms with Crippen LogP contribution in [0.25, 0.3) is 11.0 Å². The number of aromatic nitrogens is 2. The molecule has 1 heterocycles. The third kappa shape index (κ3) is 3.78. The maximum absolute atomic E-state index is 13.6. The summed E-state index contributed by atoms with van der Waals surface area (Å²) in [6.45, 7) is -0.818. The molecule has 0 saturated heterocycles. The molecule has 140 valence electrons. The normalized spacial score (nSPS) is 11.6. The Kier molecular flexibility index (Phi) is 4.64. The van der Waals surface area contributed by atoms with Crippen LogP contribution in [0.2, 0.25) is 0 Å². The average molecular weight is 383 g/mol. The molecule has 27 heavy (non-hydrogen) atoms. The Morgan fingerprint density at radius 1 is 1.11 bits per heavy atom. The van der Waals surface area contributed by atoms with Crippen LogP contribution in [0.4, 0.5) is 27.6 Å². The van der Waals surface area contributed by atoms with Gasteiger partial charge in [-0.25, -0.2) is 13.8 Å². The zero-order chi connectivity index (χ0) is 19.8. The summed E-state index contributed by atoms with van der Waals surface area (Å²) in [5.41, 5.74) is -3.67. The number of fused-ring (bicyclic) bond motifs is 1. The second-order valence-electron chi connectivity index (χ2n) is 5.51. The highest BCUT2D eigenvalue weighted by atomic mass is 19.4. The summed E-state index contributed by atoms with van der Waals surface area (Å²) in [6.07, 6.45) is -5.01. The predicted octanol–water partition coefficient (Wildman–Crippen LogP) is 3.33. The van der Waals surface area contributed by atoms with Crippen LogP contribution in [0.5, 0.6) is 0 Å². The first kappa shape index (κ1) is 18.5. The number of hydrogen-bond acceptors (Lipinski definition) is 3. The van der Waals surface area contributed by atoms with Gasteiger partial charge in [0, 0.05) is 6.07 Å². The van der Waals surface area contributed by atoms with Gasteiger partial charge in [-0.05, 0) is 24.3 Å². The highest BCUT2D eigenvalue weighted by Crippen LogP contribution is 2.26. The highest BCUT2D eigenvalue weighted by Gasteiger charge is 2.37. The fourth-order valence-electron chi connectivity index (χ4n) is 2.46. The second-order valence-corrected chi connectivity index (χ2v) is 5.51. The number of halogens is 5. The fraction of sp³-hybridized carbons (Fsp3) is 0.118. The van der Waals surface area contributed by atoms with Crippen LogP contribution in [0.1, 0.15) is 5.69 Å². The molecule has 0 aliphatic rings. The Morgan fingerprint density at radius 3 is 2.48 bits per heavy atom. The molecule has 0 bridgehead atoms. The van der Waals surface area contributed by atoms with Crippen molar-refractivity contribution in [2.45, 2.75) is 12.7 Å². The zero-order valence-electron chi connectivity index (χ0n) is 13.3. The molecule has 1 N–H and O–H groups in total. The summed E-state index contributed by atoms with van der Waals surface area (Å²) in [5, 5.41) is 2.09. The van der Waals surface area contributed by atoms with Gasteiger partial charge in [0.25, 0.3) is 5.56 Å². The van der Waals surface area contributed by atoms with Crippen LogP contribution in [0.15, 0.2) is 47.3 Å². The van der Waals surface area contributed by atoms with E-state index in [0.717, 1.165) is 12.1 Å². The maximum Gasteiger partial charge on any atom is 0.438 e. The molecule has 3 aromatic rings. The van der Waals surface area contributed by atoms with E-state index in [1.54, 1.807) is 0 Å². The summed E-state index contributed by atoms with van der Waals surface area (Å²) < 4.78 is 66.3. The summed E-state index contributed by atoms with van der Waals surface area (Å²) in [5.74, 6) is -2.89. The van der Waals surface area contributed by atoms with Crippen molar-refractivity contribution in [3.63, 3.8) is 0 Å². The van der Waals surface area contributed by atoms with E-state index >= 15 is 0 Å². The van der Waals surface area contributed by atoms with Crippen LogP contribution >= 0.6 is 0 Å². The van der Waals surface area contributed by atoms with E-state index in [9.17, 15) is 31.5 Å². The number of carbonyl (C=O) groups is 1. The van der Waals surface area contributed by atoms with Gasteiger partial charge in [0.2, 0.25) is 11.6 Å². The van der Waals surface area contributed by atoms with E-state index in [4.69, 9.17) is 0 Å². The van der Waals surface area contributed by atoms with Crippen molar-refractivity contribution in [3.8, 4) is 0 Å². The first-order chi connectivity index (χ1) is 12.7. The molecule has 5 nitrogen and oxygen atoms in total. The largest absolute Gasteiger partial charge is 0.438 e. The van der Waals surface area contributed by atoms with Crippen molar-refractivity contribution in [1.82, 2.24) is 9.55 Å². The summed E-state index contributed by atoms with van der Waals surface area (Å²) in [4.78, 5) is 27.7. The van der Waals surface area contributed by atoms with Crippen LogP contribution in [0, 0.1) is 11.6 Å². The molecule has 1 aromatic heterocycles. The Morgan fingerprint density at radius 2 is 1.81 bits per heavy atom. The maximum atomic E-state index is 13.6. The van der Waals surface area contributed by atoms with Gasteiger partial charge in [-0.1, -0.05) is 12.1 Å². The van der Waals surface area contributed by atoms with Gasteiger partial charge in [-0.15, -0.1) is 0 Å². The highest BCUT2D eigenvalue weighted by molar-refractivity contribution is 5.91. The van der Waals surface area contributed by atoms with Crippen molar-refractivity contribution >= 4 is 22.6 Å². The fourth-order valence-corrected chi connectivity index (χ4v) is 2.46. The molecule has 0 radical (unpaired) electrons. The third-order valence-corrected chi connectivity index (χ3v) is 3.63. The minimum Gasteiger partial charge on any atom is -0.322 e. The van der Waals surface area contributed by atoms with Crippen molar-refractivity contribution in [2.24, 2.45) is 0 Å². The van der Waals surface area contributed by atoms with Gasteiger partial charge >= 0.3 is 6.18 Å². The van der Waals surface area contributed by atoms with Gasteiger partial charge in [0.05, 0.1) is 16.7 Å². The van der Waals surface area contributed by atoms with Crippen LogP contribution in [-0.2, 0) is 17.5 Å². The van der Waals surface area contributed by atoms with E-state index < -0.39 is 41.5 Å². The van der Waals surface area contributed by atoms with Gasteiger partial charge in [-0.3, -0.25) is 14.2 Å². The van der Waals surface area contributed by atoms with E-state index in [2.05, 4.69) is 10.3 Å². The number of carbonyl (C=O) groups excluding carboxylic acids is 1. The molecule has 0 unspecified atom stereocenters. The number of amides is 1. The van der Waals surface area contributed by atoms with E-state index in [-0.39, 0.29) is 16.7 Å². The minimum atomic E-state index is -5.01. The summed E-state index contributed by atoms with van der Waals surface area (Å²) in [7, 11) is 0. The molecule has 0 saturated carbocycles. The molecule has 0 atom stereocenters. The third-order valence-electron chi connectivity index (χ3n) is 3.63. The number of rotatable bonds is 3. The number of hydrogen-bond donors (Lipinski definition) is 1. The van der Waals surface area contributed by atoms with E-state index in [1.807, 2.05) is 0 Å². The lowest BCUT2D eigenvalue weighted by atomic mass is 10.2. The van der Waals surface area contributed by atoms with Crippen LogP contribution in [0.3, 0.4) is 0 Å². The Labute approximate surface area is 148 Å². The first-order valence-electron chi connectivity index (χ1n) is 7.48. The van der Waals surface area contributed by atoms with Gasteiger partial charge in [-0.2, -0.15) is 13.2 Å². The molecule has 0 aliphatic heterocycles. The minimum absolute atomic E-state index is 0.00484. The molecule has 0 spiro atoms. The number of para-hydroxylation sites is 2. The molecular formula is C17H10F5N3O2. The average Bonchev–Trinajstić information content (AvgIpc) is 2.58. The number of alkyl halides is 3. The number of nitrogens with zero attached hydrogens (tertiary/aromatic N) is 2. The lowest BCUT2D eigenvalue weighted by Crippen LogP contribution is -2.34. The topological polar surface area (TPSA) is 64.0 Å². The van der Waals surface area contributed by atoms with Gasteiger partial charge in [0.15, 0.2) is 0 Å². The van der Waals surface area contributed by atoms with Crippen molar-refractivity contribution in [1.29, 1.82) is 0 Å². The standard InChI is InChI=1S/C17H10F5N3O2/c18-9-5-6-11(10(19)7-9)23-14(26)8-25-13-4-2-1-3-12(13)24-15(16(25)27)17(20,21)22/h1-7H,8H2,(H,23,26). The molecule has 10 heteroatoms. The zero-order valence-corrected chi connectivity index (χ0v) is 13.3.